The van der Waals surface area contributed by atoms with Crippen molar-refractivity contribution in [3.05, 3.63) is 83.9 Å². The quantitative estimate of drug-likeness (QED) is 0.313. The van der Waals surface area contributed by atoms with E-state index in [0.717, 1.165) is 0 Å². The maximum atomic E-state index is 2.32. The largest absolute Gasteiger partial charge is 2.00 e. The summed E-state index contributed by atoms with van der Waals surface area (Å²) in [6, 6.07) is 25.9. The van der Waals surface area contributed by atoms with Gasteiger partial charge in [0.2, 0.25) is 0 Å². The second-order valence-corrected chi connectivity index (χ2v) is 6.67. The van der Waals surface area contributed by atoms with Crippen LogP contribution in [0.2, 0.25) is 0 Å². The molecule has 0 amide bonds. The predicted molar refractivity (Wildman–Crippen MR) is 107 cm³/mol. The van der Waals surface area contributed by atoms with Crippen LogP contribution in [-0.4, -0.2) is 0 Å². The van der Waals surface area contributed by atoms with Gasteiger partial charge >= 0.3 is 26.2 Å². The van der Waals surface area contributed by atoms with Crippen molar-refractivity contribution >= 4 is 21.5 Å². The number of rotatable bonds is 3. The molecular formula is C24H26Zr. The molecule has 0 saturated carbocycles. The third-order valence-electron chi connectivity index (χ3n) is 4.87. The Morgan fingerprint density at radius 3 is 2.04 bits per heavy atom. The SMILES string of the molecule is CCCC(C)c1c[cH-]c2ccccc12.Cc1c[cH-]c2ccccc12.[Zr+2]. The molecule has 1 atom stereocenters. The van der Waals surface area contributed by atoms with Crippen LogP contribution in [0.5, 0.6) is 0 Å². The topological polar surface area (TPSA) is 0 Å². The number of hydrogen-bond donors (Lipinski definition) is 0. The minimum atomic E-state index is 0. The average Bonchev–Trinajstić information content (AvgIpc) is 3.20. The Morgan fingerprint density at radius 1 is 0.840 bits per heavy atom. The van der Waals surface area contributed by atoms with Crippen molar-refractivity contribution in [1.82, 2.24) is 0 Å². The zero-order valence-corrected chi connectivity index (χ0v) is 17.9. The van der Waals surface area contributed by atoms with Crippen molar-refractivity contribution in [3.63, 3.8) is 0 Å². The molecule has 4 aromatic rings. The molecule has 1 heteroatoms. The summed E-state index contributed by atoms with van der Waals surface area (Å²) in [7, 11) is 0. The normalized spacial score (nSPS) is 11.6. The zero-order valence-electron chi connectivity index (χ0n) is 15.4. The van der Waals surface area contributed by atoms with Crippen LogP contribution in [0.15, 0.2) is 72.8 Å². The summed E-state index contributed by atoms with van der Waals surface area (Å²) in [4.78, 5) is 0. The Labute approximate surface area is 170 Å². The molecule has 0 fully saturated rings. The van der Waals surface area contributed by atoms with E-state index < -0.39 is 0 Å². The van der Waals surface area contributed by atoms with Gasteiger partial charge in [-0.3, -0.25) is 0 Å². The van der Waals surface area contributed by atoms with E-state index in [4.69, 9.17) is 0 Å². The monoisotopic (exact) mass is 404 g/mol. The molecule has 0 heterocycles. The standard InChI is InChI=1S/C14H17.C10H9.Zr/c1-3-6-11(2)13-10-9-12-7-4-5-8-14(12)13;1-8-6-7-9-4-2-3-5-10(8)9;/h4-5,7-11H,3,6H2,1-2H3;2-7H,1H3;/q2*-1;+2. The maximum absolute atomic E-state index is 2.32. The van der Waals surface area contributed by atoms with E-state index in [9.17, 15) is 0 Å². The van der Waals surface area contributed by atoms with Crippen molar-refractivity contribution in [2.75, 3.05) is 0 Å². The summed E-state index contributed by atoms with van der Waals surface area (Å²) >= 11 is 0. The van der Waals surface area contributed by atoms with Gasteiger partial charge in [-0.05, 0) is 0 Å². The van der Waals surface area contributed by atoms with Crippen molar-refractivity contribution in [3.8, 4) is 0 Å². The molecule has 0 bridgehead atoms. The minimum absolute atomic E-state index is 0. The fraction of sp³-hybridized carbons (Fsp3) is 0.250. The van der Waals surface area contributed by atoms with Crippen LogP contribution in [0.25, 0.3) is 21.5 Å². The van der Waals surface area contributed by atoms with Crippen molar-refractivity contribution < 1.29 is 26.2 Å². The Kier molecular flexibility index (Phi) is 7.39. The van der Waals surface area contributed by atoms with Crippen LogP contribution in [0.1, 0.15) is 43.7 Å². The first-order chi connectivity index (χ1) is 11.7. The number of aryl methyl sites for hydroxylation is 1. The van der Waals surface area contributed by atoms with Gasteiger partial charge in [-0.1, -0.05) is 51.7 Å². The summed E-state index contributed by atoms with van der Waals surface area (Å²) in [6.07, 6.45) is 2.55. The van der Waals surface area contributed by atoms with Gasteiger partial charge in [-0.2, -0.15) is 17.2 Å². The van der Waals surface area contributed by atoms with Crippen LogP contribution in [0.4, 0.5) is 0 Å². The van der Waals surface area contributed by atoms with Crippen LogP contribution in [0, 0.1) is 6.92 Å². The molecule has 126 valence electrons. The van der Waals surface area contributed by atoms with Gasteiger partial charge in [0.05, 0.1) is 0 Å². The molecular weight excluding hydrogens is 379 g/mol. The summed E-state index contributed by atoms with van der Waals surface area (Å²) in [5.74, 6) is 0.694. The zero-order chi connectivity index (χ0) is 16.9. The van der Waals surface area contributed by atoms with Gasteiger partial charge in [0.1, 0.15) is 0 Å². The molecule has 1 unspecified atom stereocenters. The Morgan fingerprint density at radius 2 is 1.40 bits per heavy atom. The third-order valence-corrected chi connectivity index (χ3v) is 4.87. The van der Waals surface area contributed by atoms with Crippen LogP contribution >= 0.6 is 0 Å². The van der Waals surface area contributed by atoms with E-state index in [1.807, 2.05) is 0 Å². The Balaban J connectivity index is 0.000000182. The van der Waals surface area contributed by atoms with Gasteiger partial charge in [0, 0.05) is 0 Å². The molecule has 4 aromatic carbocycles. The van der Waals surface area contributed by atoms with E-state index in [1.165, 1.54) is 45.5 Å². The third kappa shape index (κ3) is 4.59. The molecule has 0 aliphatic heterocycles. The molecule has 0 aromatic heterocycles. The second kappa shape index (κ2) is 9.30. The molecule has 0 aliphatic carbocycles. The second-order valence-electron chi connectivity index (χ2n) is 6.67. The summed E-state index contributed by atoms with van der Waals surface area (Å²) in [6.45, 7) is 6.72. The first kappa shape index (κ1) is 19.9. The number of benzene rings is 2. The van der Waals surface area contributed by atoms with E-state index in [1.54, 1.807) is 0 Å². The molecule has 0 radical (unpaired) electrons. The maximum Gasteiger partial charge on any atom is 2.00 e. The molecule has 0 aliphatic rings. The van der Waals surface area contributed by atoms with Crippen molar-refractivity contribution in [2.24, 2.45) is 0 Å². The molecule has 0 saturated heterocycles. The van der Waals surface area contributed by atoms with E-state index in [-0.39, 0.29) is 26.2 Å². The summed E-state index contributed by atoms with van der Waals surface area (Å²) in [5, 5.41) is 5.54. The van der Waals surface area contributed by atoms with Gasteiger partial charge in [-0.25, -0.2) is 0 Å². The molecule has 0 nitrogen and oxygen atoms in total. The predicted octanol–water partition coefficient (Wildman–Crippen LogP) is 7.33. The summed E-state index contributed by atoms with van der Waals surface area (Å²) in [5.41, 5.74) is 2.89. The number of fused-ring (bicyclic) bond motifs is 2. The fourth-order valence-electron chi connectivity index (χ4n) is 3.50. The first-order valence-corrected chi connectivity index (χ1v) is 8.96. The first-order valence-electron chi connectivity index (χ1n) is 8.96. The fourth-order valence-corrected chi connectivity index (χ4v) is 3.50. The van der Waals surface area contributed by atoms with Crippen LogP contribution in [-0.2, 0) is 26.2 Å². The summed E-state index contributed by atoms with van der Waals surface area (Å²) < 4.78 is 0. The number of hydrogen-bond acceptors (Lipinski definition) is 0. The van der Waals surface area contributed by atoms with E-state index >= 15 is 0 Å². The molecule has 0 spiro atoms. The minimum Gasteiger partial charge on any atom is -0.156 e. The smallest absolute Gasteiger partial charge is 0.156 e. The Hall–Kier alpha value is -1.46. The van der Waals surface area contributed by atoms with E-state index in [0.29, 0.717) is 5.92 Å². The van der Waals surface area contributed by atoms with Crippen molar-refractivity contribution in [2.45, 2.75) is 39.5 Å². The van der Waals surface area contributed by atoms with Crippen LogP contribution in [0.3, 0.4) is 0 Å². The molecule has 0 N–H and O–H groups in total. The Bertz CT molecular complexity index is 910. The molecule has 25 heavy (non-hydrogen) atoms. The van der Waals surface area contributed by atoms with Crippen molar-refractivity contribution in [1.29, 1.82) is 0 Å². The van der Waals surface area contributed by atoms with Gasteiger partial charge in [0.25, 0.3) is 0 Å². The van der Waals surface area contributed by atoms with Crippen LogP contribution < -0.4 is 0 Å². The van der Waals surface area contributed by atoms with E-state index in [2.05, 4.69) is 93.6 Å². The molecule has 4 rings (SSSR count). The van der Waals surface area contributed by atoms with Gasteiger partial charge in [0.15, 0.2) is 0 Å². The van der Waals surface area contributed by atoms with Gasteiger partial charge < -0.3 is 0 Å². The average molecular weight is 406 g/mol. The van der Waals surface area contributed by atoms with Gasteiger partial charge in [-0.15, -0.1) is 76.1 Å².